The SMILES string of the molecule is O=C(O)[C@H]1CCC[C@@H](C(=O)NCCCN2CCC3(CCc4ccccc43)CC2)C1. The molecule has 158 valence electrons. The highest BCUT2D eigenvalue weighted by Gasteiger charge is 2.40. The van der Waals surface area contributed by atoms with Crippen molar-refractivity contribution >= 4 is 11.9 Å². The Morgan fingerprint density at radius 2 is 1.86 bits per heavy atom. The fourth-order valence-corrected chi connectivity index (χ4v) is 5.80. The third-order valence-electron chi connectivity index (χ3n) is 7.62. The fraction of sp³-hybridized carbons (Fsp3) is 0.667. The van der Waals surface area contributed by atoms with E-state index in [0.29, 0.717) is 24.8 Å². The molecule has 2 atom stereocenters. The molecule has 29 heavy (non-hydrogen) atoms. The van der Waals surface area contributed by atoms with Crippen LogP contribution < -0.4 is 5.32 Å². The smallest absolute Gasteiger partial charge is 0.306 e. The minimum Gasteiger partial charge on any atom is -0.481 e. The summed E-state index contributed by atoms with van der Waals surface area (Å²) in [6, 6.07) is 8.99. The summed E-state index contributed by atoms with van der Waals surface area (Å²) in [5.41, 5.74) is 3.55. The van der Waals surface area contributed by atoms with Crippen molar-refractivity contribution in [1.82, 2.24) is 10.2 Å². The van der Waals surface area contributed by atoms with Crippen LogP contribution in [0.2, 0.25) is 0 Å². The number of likely N-dealkylation sites (tertiary alicyclic amines) is 1. The summed E-state index contributed by atoms with van der Waals surface area (Å²) in [6.07, 6.45) is 8.85. The molecule has 1 saturated carbocycles. The van der Waals surface area contributed by atoms with E-state index in [1.54, 1.807) is 11.1 Å². The maximum absolute atomic E-state index is 12.4. The molecule has 1 spiro atoms. The summed E-state index contributed by atoms with van der Waals surface area (Å²) in [6.45, 7) is 4.01. The highest BCUT2D eigenvalue weighted by molar-refractivity contribution is 5.80. The molecule has 0 bridgehead atoms. The summed E-state index contributed by atoms with van der Waals surface area (Å²) in [7, 11) is 0. The van der Waals surface area contributed by atoms with Gasteiger partial charge in [0.05, 0.1) is 5.92 Å². The Morgan fingerprint density at radius 1 is 1.10 bits per heavy atom. The summed E-state index contributed by atoms with van der Waals surface area (Å²) in [4.78, 5) is 26.1. The Bertz CT molecular complexity index is 739. The highest BCUT2D eigenvalue weighted by atomic mass is 16.4. The first kappa shape index (κ1) is 20.4. The number of hydrogen-bond donors (Lipinski definition) is 2. The molecule has 1 aliphatic heterocycles. The number of rotatable bonds is 6. The molecule has 1 heterocycles. The molecule has 0 aromatic heterocycles. The van der Waals surface area contributed by atoms with Crippen molar-refractivity contribution in [3.8, 4) is 0 Å². The maximum Gasteiger partial charge on any atom is 0.306 e. The molecule has 1 amide bonds. The quantitative estimate of drug-likeness (QED) is 0.721. The Labute approximate surface area is 173 Å². The fourth-order valence-electron chi connectivity index (χ4n) is 5.80. The molecular weight excluding hydrogens is 364 g/mol. The van der Waals surface area contributed by atoms with Crippen molar-refractivity contribution in [2.45, 2.75) is 63.2 Å². The van der Waals surface area contributed by atoms with Gasteiger partial charge in [-0.2, -0.15) is 0 Å². The van der Waals surface area contributed by atoms with Crippen LogP contribution in [0.3, 0.4) is 0 Å². The van der Waals surface area contributed by atoms with Gasteiger partial charge in [-0.05, 0) is 87.5 Å². The molecule has 1 aromatic carbocycles. The molecular formula is C24H34N2O3. The van der Waals surface area contributed by atoms with Crippen LogP contribution in [0.15, 0.2) is 24.3 Å². The van der Waals surface area contributed by atoms with E-state index in [1.165, 1.54) is 25.7 Å². The van der Waals surface area contributed by atoms with Crippen LogP contribution in [-0.2, 0) is 21.4 Å². The number of benzene rings is 1. The van der Waals surface area contributed by atoms with Gasteiger partial charge in [-0.15, -0.1) is 0 Å². The van der Waals surface area contributed by atoms with Crippen LogP contribution in [0.5, 0.6) is 0 Å². The van der Waals surface area contributed by atoms with Gasteiger partial charge in [0, 0.05) is 12.5 Å². The number of carboxylic acid groups (broad SMARTS) is 1. The number of nitrogens with zero attached hydrogens (tertiary/aromatic N) is 1. The van der Waals surface area contributed by atoms with Crippen molar-refractivity contribution < 1.29 is 14.7 Å². The van der Waals surface area contributed by atoms with Gasteiger partial charge in [-0.1, -0.05) is 30.7 Å². The number of fused-ring (bicyclic) bond motifs is 2. The zero-order valence-electron chi connectivity index (χ0n) is 17.4. The number of hydrogen-bond acceptors (Lipinski definition) is 3. The molecule has 2 N–H and O–H groups in total. The van der Waals surface area contributed by atoms with Gasteiger partial charge >= 0.3 is 5.97 Å². The lowest BCUT2D eigenvalue weighted by Gasteiger charge is -2.40. The maximum atomic E-state index is 12.4. The molecule has 3 aliphatic rings. The zero-order chi connectivity index (χ0) is 20.3. The summed E-state index contributed by atoms with van der Waals surface area (Å²) >= 11 is 0. The molecule has 1 aromatic rings. The van der Waals surface area contributed by atoms with Crippen molar-refractivity contribution in [1.29, 1.82) is 0 Å². The van der Waals surface area contributed by atoms with Crippen molar-refractivity contribution in [3.05, 3.63) is 35.4 Å². The molecule has 0 radical (unpaired) electrons. The standard InChI is InChI=1S/C24H34N2O3/c27-22(19-6-3-7-20(17-19)23(28)29)25-13-4-14-26-15-11-24(12-16-26)10-9-18-5-1-2-8-21(18)24/h1-2,5,8,19-20H,3-4,6-7,9-17H2,(H,25,27)(H,28,29)/t19-,20+/m1/s1. The van der Waals surface area contributed by atoms with Gasteiger partial charge < -0.3 is 15.3 Å². The van der Waals surface area contributed by atoms with E-state index in [9.17, 15) is 14.7 Å². The lowest BCUT2D eigenvalue weighted by atomic mass is 9.74. The molecule has 0 unspecified atom stereocenters. The van der Waals surface area contributed by atoms with E-state index >= 15 is 0 Å². The number of piperidine rings is 1. The minimum absolute atomic E-state index is 0.0520. The van der Waals surface area contributed by atoms with E-state index in [2.05, 4.69) is 34.5 Å². The largest absolute Gasteiger partial charge is 0.481 e. The van der Waals surface area contributed by atoms with E-state index < -0.39 is 5.97 Å². The van der Waals surface area contributed by atoms with Crippen LogP contribution in [-0.4, -0.2) is 48.1 Å². The molecule has 5 nitrogen and oxygen atoms in total. The Morgan fingerprint density at radius 3 is 2.66 bits per heavy atom. The van der Waals surface area contributed by atoms with Gasteiger partial charge in [0.15, 0.2) is 0 Å². The monoisotopic (exact) mass is 398 g/mol. The van der Waals surface area contributed by atoms with Gasteiger partial charge in [-0.3, -0.25) is 9.59 Å². The first-order valence-corrected chi connectivity index (χ1v) is 11.4. The van der Waals surface area contributed by atoms with Crippen LogP contribution in [0.1, 0.15) is 62.5 Å². The molecule has 2 fully saturated rings. The lowest BCUT2D eigenvalue weighted by Crippen LogP contribution is -2.42. The average Bonchev–Trinajstić information content (AvgIpc) is 3.11. The van der Waals surface area contributed by atoms with Crippen LogP contribution >= 0.6 is 0 Å². The second-order valence-electron chi connectivity index (χ2n) is 9.32. The number of aliphatic carboxylic acids is 1. The van der Waals surface area contributed by atoms with Crippen LogP contribution in [0, 0.1) is 11.8 Å². The van der Waals surface area contributed by atoms with E-state index in [-0.39, 0.29) is 17.7 Å². The molecule has 5 heteroatoms. The van der Waals surface area contributed by atoms with Gasteiger partial charge in [0.1, 0.15) is 0 Å². The number of aryl methyl sites for hydroxylation is 1. The zero-order valence-corrected chi connectivity index (χ0v) is 17.4. The van der Waals surface area contributed by atoms with Crippen molar-refractivity contribution in [2.24, 2.45) is 11.8 Å². The van der Waals surface area contributed by atoms with Gasteiger partial charge in [-0.25, -0.2) is 0 Å². The number of carbonyl (C=O) groups is 2. The van der Waals surface area contributed by atoms with E-state index in [1.807, 2.05) is 0 Å². The predicted molar refractivity (Wildman–Crippen MR) is 113 cm³/mol. The Kier molecular flexibility index (Phi) is 6.23. The van der Waals surface area contributed by atoms with E-state index in [0.717, 1.165) is 38.9 Å². The Hall–Kier alpha value is -1.88. The summed E-state index contributed by atoms with van der Waals surface area (Å²) < 4.78 is 0. The topological polar surface area (TPSA) is 69.6 Å². The number of carboxylic acids is 1. The van der Waals surface area contributed by atoms with Gasteiger partial charge in [0.25, 0.3) is 0 Å². The van der Waals surface area contributed by atoms with Crippen molar-refractivity contribution in [3.63, 3.8) is 0 Å². The Balaban J connectivity index is 1.16. The predicted octanol–water partition coefficient (Wildman–Crippen LogP) is 3.36. The second kappa shape index (κ2) is 8.86. The van der Waals surface area contributed by atoms with E-state index in [4.69, 9.17) is 0 Å². The lowest BCUT2D eigenvalue weighted by molar-refractivity contribution is -0.144. The second-order valence-corrected chi connectivity index (χ2v) is 9.32. The molecule has 2 aliphatic carbocycles. The van der Waals surface area contributed by atoms with Gasteiger partial charge in [0.2, 0.25) is 5.91 Å². The van der Waals surface area contributed by atoms with Crippen molar-refractivity contribution in [2.75, 3.05) is 26.2 Å². The summed E-state index contributed by atoms with van der Waals surface area (Å²) in [5, 5.41) is 12.2. The highest BCUT2D eigenvalue weighted by Crippen LogP contribution is 2.46. The third kappa shape index (κ3) is 4.50. The minimum atomic E-state index is -0.754. The number of amides is 1. The number of nitrogens with one attached hydrogen (secondary N) is 1. The van der Waals surface area contributed by atoms with Crippen LogP contribution in [0.25, 0.3) is 0 Å². The number of carbonyl (C=O) groups excluding carboxylic acids is 1. The normalized spacial score (nSPS) is 26.2. The first-order valence-electron chi connectivity index (χ1n) is 11.4. The van der Waals surface area contributed by atoms with Crippen LogP contribution in [0.4, 0.5) is 0 Å². The first-order chi connectivity index (χ1) is 14.1. The molecule has 4 rings (SSSR count). The third-order valence-corrected chi connectivity index (χ3v) is 7.62. The molecule has 1 saturated heterocycles. The average molecular weight is 399 g/mol. The summed E-state index contributed by atoms with van der Waals surface area (Å²) in [5.74, 6) is -1.17.